The standard InChI is InChI=1S/C14H20ClN3/c1-10-3-2-6-18(10)14-13(15)7-11(9-17-14)8-16-12-4-5-12/h7,9-10,12,16H,2-6,8H2,1H3. The molecule has 0 radical (unpaired) electrons. The summed E-state index contributed by atoms with van der Waals surface area (Å²) >= 11 is 6.37. The number of rotatable bonds is 4. The Morgan fingerprint density at radius 2 is 2.28 bits per heavy atom. The van der Waals surface area contributed by atoms with Crippen molar-refractivity contribution in [1.82, 2.24) is 10.3 Å². The van der Waals surface area contributed by atoms with Crippen molar-refractivity contribution in [3.05, 3.63) is 22.8 Å². The quantitative estimate of drug-likeness (QED) is 0.907. The van der Waals surface area contributed by atoms with Gasteiger partial charge in [-0.15, -0.1) is 0 Å². The minimum Gasteiger partial charge on any atom is -0.353 e. The van der Waals surface area contributed by atoms with Gasteiger partial charge in [-0.05, 0) is 44.2 Å². The van der Waals surface area contributed by atoms with Gasteiger partial charge >= 0.3 is 0 Å². The molecule has 0 amide bonds. The number of anilines is 1. The van der Waals surface area contributed by atoms with Crippen LogP contribution in [0.4, 0.5) is 5.82 Å². The van der Waals surface area contributed by atoms with E-state index in [2.05, 4.69) is 28.2 Å². The van der Waals surface area contributed by atoms with Crippen LogP contribution in [0.25, 0.3) is 0 Å². The zero-order valence-electron chi connectivity index (χ0n) is 10.8. The molecule has 0 bridgehead atoms. The van der Waals surface area contributed by atoms with Gasteiger partial charge in [-0.1, -0.05) is 11.6 Å². The summed E-state index contributed by atoms with van der Waals surface area (Å²) in [7, 11) is 0. The lowest BCUT2D eigenvalue weighted by atomic mass is 10.2. The summed E-state index contributed by atoms with van der Waals surface area (Å²) in [5, 5.41) is 4.28. The highest BCUT2D eigenvalue weighted by molar-refractivity contribution is 6.33. The Morgan fingerprint density at radius 1 is 1.44 bits per heavy atom. The van der Waals surface area contributed by atoms with Crippen LogP contribution in [0.3, 0.4) is 0 Å². The van der Waals surface area contributed by atoms with Gasteiger partial charge < -0.3 is 10.2 Å². The fourth-order valence-corrected chi connectivity index (χ4v) is 2.87. The predicted octanol–water partition coefficient (Wildman–Crippen LogP) is 2.98. The number of halogens is 1. The Bertz CT molecular complexity index is 431. The first kappa shape index (κ1) is 12.2. The number of nitrogens with zero attached hydrogens (tertiary/aromatic N) is 2. The van der Waals surface area contributed by atoms with Crippen molar-refractivity contribution in [3.8, 4) is 0 Å². The number of hydrogen-bond acceptors (Lipinski definition) is 3. The predicted molar refractivity (Wildman–Crippen MR) is 75.2 cm³/mol. The number of nitrogens with one attached hydrogen (secondary N) is 1. The summed E-state index contributed by atoms with van der Waals surface area (Å²) in [6, 6.07) is 3.34. The summed E-state index contributed by atoms with van der Waals surface area (Å²) in [6.07, 6.45) is 7.06. The van der Waals surface area contributed by atoms with Crippen LogP contribution in [-0.2, 0) is 6.54 Å². The molecule has 1 saturated carbocycles. The Morgan fingerprint density at radius 3 is 2.89 bits per heavy atom. The zero-order valence-corrected chi connectivity index (χ0v) is 11.6. The van der Waals surface area contributed by atoms with Crippen molar-refractivity contribution >= 4 is 17.4 Å². The zero-order chi connectivity index (χ0) is 12.5. The van der Waals surface area contributed by atoms with Crippen LogP contribution < -0.4 is 10.2 Å². The molecule has 1 atom stereocenters. The van der Waals surface area contributed by atoms with Crippen molar-refractivity contribution < 1.29 is 0 Å². The van der Waals surface area contributed by atoms with E-state index in [1.807, 2.05) is 6.20 Å². The monoisotopic (exact) mass is 265 g/mol. The Labute approximate surface area is 114 Å². The van der Waals surface area contributed by atoms with E-state index in [4.69, 9.17) is 11.6 Å². The van der Waals surface area contributed by atoms with Crippen LogP contribution in [0, 0.1) is 0 Å². The average Bonchev–Trinajstić information content (AvgIpc) is 3.09. The fraction of sp³-hybridized carbons (Fsp3) is 0.643. The number of pyridine rings is 1. The van der Waals surface area contributed by atoms with E-state index in [0.717, 1.165) is 30.0 Å². The molecule has 1 saturated heterocycles. The molecular formula is C14H20ClN3. The molecule has 4 heteroatoms. The molecule has 2 heterocycles. The molecule has 2 fully saturated rings. The van der Waals surface area contributed by atoms with Crippen LogP contribution >= 0.6 is 11.6 Å². The van der Waals surface area contributed by atoms with Gasteiger partial charge in [0.25, 0.3) is 0 Å². The minimum atomic E-state index is 0.561. The van der Waals surface area contributed by atoms with Gasteiger partial charge in [0.15, 0.2) is 0 Å². The van der Waals surface area contributed by atoms with Crippen LogP contribution in [-0.4, -0.2) is 23.6 Å². The molecular weight excluding hydrogens is 246 g/mol. The summed E-state index contributed by atoms with van der Waals surface area (Å²) in [5.41, 5.74) is 1.18. The van der Waals surface area contributed by atoms with E-state index in [-0.39, 0.29) is 0 Å². The third kappa shape index (κ3) is 2.62. The normalized spacial score (nSPS) is 23.7. The molecule has 1 aliphatic carbocycles. The van der Waals surface area contributed by atoms with Gasteiger partial charge in [-0.25, -0.2) is 4.98 Å². The smallest absolute Gasteiger partial charge is 0.147 e. The molecule has 1 aromatic rings. The van der Waals surface area contributed by atoms with Crippen molar-refractivity contribution in [3.63, 3.8) is 0 Å². The molecule has 1 N–H and O–H groups in total. The molecule has 2 aliphatic rings. The Kier molecular flexibility index (Phi) is 3.44. The van der Waals surface area contributed by atoms with Crippen molar-refractivity contribution in [2.24, 2.45) is 0 Å². The first-order valence-corrected chi connectivity index (χ1v) is 7.26. The van der Waals surface area contributed by atoms with Crippen LogP contribution in [0.1, 0.15) is 38.2 Å². The highest BCUT2D eigenvalue weighted by Crippen LogP contribution is 2.30. The first-order valence-electron chi connectivity index (χ1n) is 6.88. The van der Waals surface area contributed by atoms with Gasteiger partial charge in [0.1, 0.15) is 5.82 Å². The van der Waals surface area contributed by atoms with E-state index in [9.17, 15) is 0 Å². The summed E-state index contributed by atoms with van der Waals surface area (Å²) in [6.45, 7) is 4.20. The Balaban J connectivity index is 1.71. The number of hydrogen-bond donors (Lipinski definition) is 1. The van der Waals surface area contributed by atoms with Gasteiger partial charge in [-0.3, -0.25) is 0 Å². The molecule has 1 aromatic heterocycles. The van der Waals surface area contributed by atoms with Crippen LogP contribution in [0.2, 0.25) is 5.02 Å². The molecule has 0 aromatic carbocycles. The maximum Gasteiger partial charge on any atom is 0.147 e. The van der Waals surface area contributed by atoms with Crippen LogP contribution in [0.5, 0.6) is 0 Å². The minimum absolute atomic E-state index is 0.561. The molecule has 98 valence electrons. The first-order chi connectivity index (χ1) is 8.74. The second-order valence-electron chi connectivity index (χ2n) is 5.49. The third-order valence-electron chi connectivity index (χ3n) is 3.88. The molecule has 1 unspecified atom stereocenters. The Hall–Kier alpha value is -0.800. The fourth-order valence-electron chi connectivity index (χ4n) is 2.58. The second-order valence-corrected chi connectivity index (χ2v) is 5.90. The van der Waals surface area contributed by atoms with E-state index >= 15 is 0 Å². The summed E-state index contributed by atoms with van der Waals surface area (Å²) < 4.78 is 0. The average molecular weight is 266 g/mol. The molecule has 1 aliphatic heterocycles. The summed E-state index contributed by atoms with van der Waals surface area (Å²) in [5.74, 6) is 0.955. The largest absolute Gasteiger partial charge is 0.353 e. The topological polar surface area (TPSA) is 28.2 Å². The maximum absolute atomic E-state index is 6.37. The molecule has 18 heavy (non-hydrogen) atoms. The highest BCUT2D eigenvalue weighted by atomic mass is 35.5. The maximum atomic E-state index is 6.37. The van der Waals surface area contributed by atoms with E-state index < -0.39 is 0 Å². The highest BCUT2D eigenvalue weighted by Gasteiger charge is 2.24. The van der Waals surface area contributed by atoms with Crippen LogP contribution in [0.15, 0.2) is 12.3 Å². The van der Waals surface area contributed by atoms with Gasteiger partial charge in [0.05, 0.1) is 5.02 Å². The lowest BCUT2D eigenvalue weighted by Crippen LogP contribution is -2.27. The van der Waals surface area contributed by atoms with E-state index in [1.54, 1.807) is 0 Å². The van der Waals surface area contributed by atoms with E-state index in [1.165, 1.54) is 31.2 Å². The van der Waals surface area contributed by atoms with Gasteiger partial charge in [0, 0.05) is 31.4 Å². The summed E-state index contributed by atoms with van der Waals surface area (Å²) in [4.78, 5) is 6.88. The molecule has 0 spiro atoms. The third-order valence-corrected chi connectivity index (χ3v) is 4.15. The van der Waals surface area contributed by atoms with Crippen molar-refractivity contribution in [2.45, 2.75) is 51.2 Å². The lowest BCUT2D eigenvalue weighted by Gasteiger charge is -2.23. The number of aromatic nitrogens is 1. The molecule has 3 rings (SSSR count). The van der Waals surface area contributed by atoms with Gasteiger partial charge in [0.2, 0.25) is 0 Å². The SMILES string of the molecule is CC1CCCN1c1ncc(CNC2CC2)cc1Cl. The van der Waals surface area contributed by atoms with E-state index in [0.29, 0.717) is 6.04 Å². The lowest BCUT2D eigenvalue weighted by molar-refractivity contribution is 0.684. The van der Waals surface area contributed by atoms with Gasteiger partial charge in [-0.2, -0.15) is 0 Å². The second kappa shape index (κ2) is 5.06. The molecule has 3 nitrogen and oxygen atoms in total. The van der Waals surface area contributed by atoms with Crippen molar-refractivity contribution in [2.75, 3.05) is 11.4 Å². The van der Waals surface area contributed by atoms with Crippen molar-refractivity contribution in [1.29, 1.82) is 0 Å².